The van der Waals surface area contributed by atoms with E-state index < -0.39 is 0 Å². The molecule has 0 aliphatic rings. The van der Waals surface area contributed by atoms with E-state index in [1.807, 2.05) is 13.8 Å². The van der Waals surface area contributed by atoms with Crippen molar-refractivity contribution in [2.45, 2.75) is 20.3 Å². The highest BCUT2D eigenvalue weighted by Crippen LogP contribution is 2.23. The topological polar surface area (TPSA) is 17.1 Å². The summed E-state index contributed by atoms with van der Waals surface area (Å²) in [7, 11) is 0. The second-order valence-corrected chi connectivity index (χ2v) is 5.91. The Morgan fingerprint density at radius 1 is 1.18 bits per heavy atom. The lowest BCUT2D eigenvalue weighted by atomic mass is 10.0. The van der Waals surface area contributed by atoms with Crippen LogP contribution >= 0.6 is 22.9 Å². The molecule has 0 N–H and O–H groups in total. The normalized spacial score (nSPS) is 10.5. The highest BCUT2D eigenvalue weighted by atomic mass is 35.5. The molecule has 1 nitrogen and oxygen atoms in total. The molecule has 0 fully saturated rings. The summed E-state index contributed by atoms with van der Waals surface area (Å²) in [6, 6.07) is 9.77. The summed E-state index contributed by atoms with van der Waals surface area (Å²) >= 11 is 7.16. The van der Waals surface area contributed by atoms with E-state index in [-0.39, 0.29) is 5.78 Å². The number of Topliss-reactive ketones (excluding diaryl/α,β-unsaturated/α-hetero) is 1. The highest BCUT2D eigenvalue weighted by molar-refractivity contribution is 7.18. The third-order valence-corrected chi connectivity index (χ3v) is 3.77. The maximum absolute atomic E-state index is 12.0. The zero-order chi connectivity index (χ0) is 12.4. The number of rotatable bonds is 3. The number of benzene rings is 1. The molecule has 1 aromatic heterocycles. The van der Waals surface area contributed by atoms with Gasteiger partial charge in [-0.2, -0.15) is 0 Å². The van der Waals surface area contributed by atoms with Crippen molar-refractivity contribution in [3.63, 3.8) is 0 Å². The van der Waals surface area contributed by atoms with Gasteiger partial charge in [0.05, 0.1) is 9.21 Å². The van der Waals surface area contributed by atoms with Crippen LogP contribution in [0.25, 0.3) is 0 Å². The van der Waals surface area contributed by atoms with Crippen molar-refractivity contribution in [3.05, 3.63) is 56.2 Å². The molecule has 0 radical (unpaired) electrons. The Hall–Kier alpha value is -1.12. The molecule has 0 saturated carbocycles. The first-order valence-electron chi connectivity index (χ1n) is 5.40. The van der Waals surface area contributed by atoms with Gasteiger partial charge in [0.1, 0.15) is 0 Å². The van der Waals surface area contributed by atoms with Gasteiger partial charge in [-0.25, -0.2) is 0 Å². The number of hydrogen-bond donors (Lipinski definition) is 0. The van der Waals surface area contributed by atoms with Crippen LogP contribution in [-0.4, -0.2) is 5.78 Å². The molecule has 3 heteroatoms. The second-order valence-electron chi connectivity index (χ2n) is 4.20. The molecule has 0 spiro atoms. The molecule has 0 amide bonds. The van der Waals surface area contributed by atoms with E-state index in [0.717, 1.165) is 10.4 Å². The minimum atomic E-state index is 0.131. The van der Waals surface area contributed by atoms with Crippen molar-refractivity contribution in [2.75, 3.05) is 0 Å². The molecule has 17 heavy (non-hydrogen) atoms. The SMILES string of the molecule is Cc1cc(C)cc(CC(=O)c2ccc(Cl)s2)c1. The van der Waals surface area contributed by atoms with E-state index in [1.165, 1.54) is 22.5 Å². The summed E-state index contributed by atoms with van der Waals surface area (Å²) < 4.78 is 0.661. The van der Waals surface area contributed by atoms with Crippen LogP contribution in [0.1, 0.15) is 26.4 Å². The fraction of sp³-hybridized carbons (Fsp3) is 0.214. The minimum Gasteiger partial charge on any atom is -0.293 e. The van der Waals surface area contributed by atoms with E-state index in [4.69, 9.17) is 11.6 Å². The van der Waals surface area contributed by atoms with Crippen LogP contribution in [0.15, 0.2) is 30.3 Å². The third-order valence-electron chi connectivity index (χ3n) is 2.49. The molecule has 0 unspecified atom stereocenters. The lowest BCUT2D eigenvalue weighted by Crippen LogP contribution is -2.01. The number of hydrogen-bond acceptors (Lipinski definition) is 2. The van der Waals surface area contributed by atoms with Gasteiger partial charge in [0.2, 0.25) is 0 Å². The van der Waals surface area contributed by atoms with Crippen LogP contribution in [-0.2, 0) is 6.42 Å². The van der Waals surface area contributed by atoms with Crippen molar-refractivity contribution < 1.29 is 4.79 Å². The van der Waals surface area contributed by atoms with Crippen molar-refractivity contribution >= 4 is 28.7 Å². The third kappa shape index (κ3) is 3.18. The molecule has 0 saturated heterocycles. The summed E-state index contributed by atoms with van der Waals surface area (Å²) in [4.78, 5) is 12.7. The maximum atomic E-state index is 12.0. The molecule has 2 rings (SSSR count). The Labute approximate surface area is 110 Å². The first-order chi connectivity index (χ1) is 8.04. The number of aryl methyl sites for hydroxylation is 2. The summed E-state index contributed by atoms with van der Waals surface area (Å²) in [5, 5.41) is 0. The molecule has 0 atom stereocenters. The Morgan fingerprint density at radius 3 is 2.35 bits per heavy atom. The first kappa shape index (κ1) is 12.3. The van der Waals surface area contributed by atoms with Crippen molar-refractivity contribution in [1.29, 1.82) is 0 Å². The standard InChI is InChI=1S/C14H13ClOS/c1-9-5-10(2)7-11(6-9)8-12(16)13-3-4-14(15)17-13/h3-7H,8H2,1-2H3. The van der Waals surface area contributed by atoms with Gasteiger partial charge in [-0.1, -0.05) is 40.9 Å². The average Bonchev–Trinajstić information content (AvgIpc) is 2.63. The average molecular weight is 265 g/mol. The van der Waals surface area contributed by atoms with Gasteiger partial charge in [-0.3, -0.25) is 4.79 Å². The number of carbonyl (C=O) groups is 1. The molecule has 1 aromatic carbocycles. The summed E-state index contributed by atoms with van der Waals surface area (Å²) in [6.45, 7) is 4.09. The lowest BCUT2D eigenvalue weighted by molar-refractivity contribution is 0.0997. The van der Waals surface area contributed by atoms with E-state index >= 15 is 0 Å². The van der Waals surface area contributed by atoms with Crippen LogP contribution < -0.4 is 0 Å². The number of thiophene rings is 1. The van der Waals surface area contributed by atoms with Crippen molar-refractivity contribution in [2.24, 2.45) is 0 Å². The highest BCUT2D eigenvalue weighted by Gasteiger charge is 2.10. The Morgan fingerprint density at radius 2 is 1.82 bits per heavy atom. The van der Waals surface area contributed by atoms with E-state index in [0.29, 0.717) is 10.8 Å². The number of ketones is 1. The molecule has 88 valence electrons. The second kappa shape index (κ2) is 5.03. The van der Waals surface area contributed by atoms with Crippen LogP contribution in [0.4, 0.5) is 0 Å². The van der Waals surface area contributed by atoms with Crippen LogP contribution in [0.5, 0.6) is 0 Å². The predicted octanol–water partition coefficient (Wildman–Crippen LogP) is 4.44. The van der Waals surface area contributed by atoms with Crippen molar-refractivity contribution in [3.8, 4) is 0 Å². The number of halogens is 1. The molecule has 0 aliphatic heterocycles. The first-order valence-corrected chi connectivity index (χ1v) is 6.60. The van der Waals surface area contributed by atoms with Gasteiger partial charge in [-0.15, -0.1) is 11.3 Å². The van der Waals surface area contributed by atoms with Gasteiger partial charge in [-0.05, 0) is 31.5 Å². The summed E-state index contributed by atoms with van der Waals surface area (Å²) in [6.07, 6.45) is 0.444. The van der Waals surface area contributed by atoms with Crippen molar-refractivity contribution in [1.82, 2.24) is 0 Å². The van der Waals surface area contributed by atoms with Crippen LogP contribution in [0, 0.1) is 13.8 Å². The van der Waals surface area contributed by atoms with Gasteiger partial charge >= 0.3 is 0 Å². The molecule has 1 heterocycles. The molecular formula is C14H13ClOS. The quantitative estimate of drug-likeness (QED) is 0.749. The summed E-state index contributed by atoms with van der Waals surface area (Å²) in [5.41, 5.74) is 3.45. The van der Waals surface area contributed by atoms with Gasteiger partial charge in [0, 0.05) is 6.42 Å². The zero-order valence-electron chi connectivity index (χ0n) is 9.79. The fourth-order valence-corrected chi connectivity index (χ4v) is 2.89. The molecular weight excluding hydrogens is 252 g/mol. The van der Waals surface area contributed by atoms with E-state index in [2.05, 4.69) is 18.2 Å². The molecule has 0 bridgehead atoms. The Bertz CT molecular complexity index is 537. The monoisotopic (exact) mass is 264 g/mol. The Kier molecular flexibility index (Phi) is 3.65. The smallest absolute Gasteiger partial charge is 0.177 e. The largest absolute Gasteiger partial charge is 0.293 e. The van der Waals surface area contributed by atoms with Gasteiger partial charge < -0.3 is 0 Å². The predicted molar refractivity (Wildman–Crippen MR) is 73.3 cm³/mol. The number of carbonyl (C=O) groups excluding carboxylic acids is 1. The van der Waals surface area contributed by atoms with Crippen LogP contribution in [0.3, 0.4) is 0 Å². The fourth-order valence-electron chi connectivity index (χ4n) is 1.91. The summed E-state index contributed by atoms with van der Waals surface area (Å²) in [5.74, 6) is 0.131. The molecule has 2 aromatic rings. The zero-order valence-corrected chi connectivity index (χ0v) is 11.4. The van der Waals surface area contributed by atoms with E-state index in [9.17, 15) is 4.79 Å². The maximum Gasteiger partial charge on any atom is 0.177 e. The van der Waals surface area contributed by atoms with E-state index in [1.54, 1.807) is 12.1 Å². The van der Waals surface area contributed by atoms with Gasteiger partial charge in [0.25, 0.3) is 0 Å². The molecule has 0 aliphatic carbocycles. The van der Waals surface area contributed by atoms with Crippen LogP contribution in [0.2, 0.25) is 4.34 Å². The Balaban J connectivity index is 2.18. The lowest BCUT2D eigenvalue weighted by Gasteiger charge is -2.03. The minimum absolute atomic E-state index is 0.131. The van der Waals surface area contributed by atoms with Gasteiger partial charge in [0.15, 0.2) is 5.78 Å².